The molecule has 0 radical (unpaired) electrons. The number of hydrogen-bond acceptors (Lipinski definition) is 11. The maximum Gasteiger partial charge on any atom is 0.255 e. The monoisotopic (exact) mass is 605 g/mol. The van der Waals surface area contributed by atoms with E-state index in [1.54, 1.807) is 20.2 Å². The largest absolute Gasteiger partial charge is 0.508 e. The molecule has 0 bridgehead atoms. The second-order valence-electron chi connectivity index (χ2n) is 12.4. The summed E-state index contributed by atoms with van der Waals surface area (Å²) in [5, 5.41) is 49.3. The van der Waals surface area contributed by atoms with Gasteiger partial charge < -0.3 is 41.3 Å². The first-order valence-electron chi connectivity index (χ1n) is 14.3. The number of aromatic hydroxyl groups is 1. The van der Waals surface area contributed by atoms with Gasteiger partial charge in [-0.1, -0.05) is 12.1 Å². The number of amides is 1. The SMILES string of the molecule is CN(C)c1ccc(CNc2cc(N(C)C)c3c(c2O)C(O)=C2C(=O)[C@]4(O)C(O)=C(C(N)=O)C(=O)[C@@H](N(C)C)[C@@H]4C[C@@H]2C3)cc1. The van der Waals surface area contributed by atoms with Crippen molar-refractivity contribution in [2.24, 2.45) is 17.6 Å². The third-order valence-electron chi connectivity index (χ3n) is 9.11. The molecule has 0 aliphatic heterocycles. The fraction of sp³-hybridized carbons (Fsp3) is 0.406. The standard InChI is InChI=1S/C32H39N5O7/c1-35(2)17-9-7-15(8-10-17)14-34-20-13-21(36(3)4)18-11-16-12-19-25(37(5)6)28(40)24(31(33)43)30(42)32(19,44)29(41)22(16)27(39)23(18)26(20)38/h7-10,13,16,19,25,34,38-39,42,44H,11-12,14H2,1-6H3,(H2,33,43)/t16-,19-,25-,32-/m0/s1. The molecule has 5 rings (SSSR count). The van der Waals surface area contributed by atoms with Crippen LogP contribution in [0.3, 0.4) is 0 Å². The number of phenolic OH excluding ortho intramolecular Hbond substituents is 1. The molecule has 12 nitrogen and oxygen atoms in total. The number of anilines is 3. The number of carbonyl (C=O) groups is 3. The summed E-state index contributed by atoms with van der Waals surface area (Å²) in [4.78, 5) is 44.9. The second-order valence-corrected chi connectivity index (χ2v) is 12.4. The maximum absolute atomic E-state index is 14.1. The van der Waals surface area contributed by atoms with Crippen LogP contribution in [0.25, 0.3) is 5.76 Å². The number of fused-ring (bicyclic) bond motifs is 3. The molecule has 1 saturated carbocycles. The van der Waals surface area contributed by atoms with Gasteiger partial charge in [0.05, 0.1) is 17.3 Å². The third-order valence-corrected chi connectivity index (χ3v) is 9.11. The number of nitrogens with one attached hydrogen (secondary N) is 1. The molecular weight excluding hydrogens is 566 g/mol. The summed E-state index contributed by atoms with van der Waals surface area (Å²) in [6, 6.07) is 8.52. The number of Topliss-reactive ketones (excluding diaryl/α,β-unsaturated/α-hetero) is 2. The van der Waals surface area contributed by atoms with Gasteiger partial charge in [0, 0.05) is 57.6 Å². The number of carbonyl (C=O) groups excluding carboxylic acids is 3. The van der Waals surface area contributed by atoms with Crippen molar-refractivity contribution in [3.8, 4) is 5.75 Å². The molecule has 234 valence electrons. The van der Waals surface area contributed by atoms with Crippen LogP contribution in [0.4, 0.5) is 17.1 Å². The molecule has 2 aromatic carbocycles. The molecule has 1 fully saturated rings. The van der Waals surface area contributed by atoms with Crippen LogP contribution < -0.4 is 20.9 Å². The zero-order chi connectivity index (χ0) is 32.4. The summed E-state index contributed by atoms with van der Waals surface area (Å²) in [6.07, 6.45) is 0.240. The molecule has 2 aromatic rings. The first-order chi connectivity index (χ1) is 20.6. The predicted octanol–water partition coefficient (Wildman–Crippen LogP) is 1.71. The molecule has 3 aliphatic carbocycles. The molecule has 12 heteroatoms. The van der Waals surface area contributed by atoms with E-state index < -0.39 is 58.0 Å². The zero-order valence-electron chi connectivity index (χ0n) is 25.7. The van der Waals surface area contributed by atoms with Crippen LogP contribution in [-0.4, -0.2) is 96.7 Å². The number of aliphatic hydroxyl groups excluding tert-OH is 2. The van der Waals surface area contributed by atoms with E-state index in [1.165, 1.54) is 4.90 Å². The average molecular weight is 606 g/mol. The van der Waals surface area contributed by atoms with E-state index in [0.29, 0.717) is 23.5 Å². The molecule has 7 N–H and O–H groups in total. The molecule has 0 spiro atoms. The number of ketones is 2. The Morgan fingerprint density at radius 3 is 2.20 bits per heavy atom. The number of primary amides is 1. The summed E-state index contributed by atoms with van der Waals surface area (Å²) in [5.41, 5.74) is 5.35. The highest BCUT2D eigenvalue weighted by molar-refractivity contribution is 6.24. The van der Waals surface area contributed by atoms with E-state index in [0.717, 1.165) is 11.3 Å². The number of likely N-dealkylation sites (N-methyl/N-ethyl adjacent to an activating group) is 1. The minimum atomic E-state index is -2.68. The van der Waals surface area contributed by atoms with Gasteiger partial charge >= 0.3 is 0 Å². The molecule has 0 heterocycles. The van der Waals surface area contributed by atoms with Crippen LogP contribution in [-0.2, 0) is 27.3 Å². The first-order valence-corrected chi connectivity index (χ1v) is 14.3. The quantitative estimate of drug-likeness (QED) is 0.200. The Kier molecular flexibility index (Phi) is 7.63. The van der Waals surface area contributed by atoms with E-state index in [2.05, 4.69) is 5.32 Å². The number of aliphatic hydroxyl groups is 3. The van der Waals surface area contributed by atoms with Crippen molar-refractivity contribution in [2.75, 3.05) is 57.4 Å². The molecule has 1 amide bonds. The van der Waals surface area contributed by atoms with Crippen molar-refractivity contribution in [3.63, 3.8) is 0 Å². The number of nitrogens with two attached hydrogens (primary N) is 1. The van der Waals surface area contributed by atoms with E-state index in [4.69, 9.17) is 5.73 Å². The lowest BCUT2D eigenvalue weighted by atomic mass is 9.57. The summed E-state index contributed by atoms with van der Waals surface area (Å²) in [6.45, 7) is 0.363. The first kappa shape index (κ1) is 30.9. The summed E-state index contributed by atoms with van der Waals surface area (Å²) in [7, 11) is 10.7. The van der Waals surface area contributed by atoms with Gasteiger partial charge in [0.15, 0.2) is 11.4 Å². The van der Waals surface area contributed by atoms with Crippen molar-refractivity contribution in [1.82, 2.24) is 4.90 Å². The zero-order valence-corrected chi connectivity index (χ0v) is 25.7. The van der Waals surface area contributed by atoms with Gasteiger partial charge in [0.25, 0.3) is 5.91 Å². The highest BCUT2D eigenvalue weighted by Crippen LogP contribution is 2.54. The Balaban J connectivity index is 1.62. The molecular formula is C32H39N5O7. The Labute approximate surface area is 255 Å². The Hall–Kier alpha value is -4.55. The summed E-state index contributed by atoms with van der Waals surface area (Å²) < 4.78 is 0. The average Bonchev–Trinajstić information content (AvgIpc) is 2.94. The van der Waals surface area contributed by atoms with Crippen molar-refractivity contribution in [1.29, 1.82) is 0 Å². The van der Waals surface area contributed by atoms with Crippen LogP contribution in [0.5, 0.6) is 5.75 Å². The summed E-state index contributed by atoms with van der Waals surface area (Å²) in [5.74, 6) is -6.78. The number of nitrogens with zero attached hydrogens (tertiary/aromatic N) is 3. The van der Waals surface area contributed by atoms with E-state index in [9.17, 15) is 34.8 Å². The fourth-order valence-corrected chi connectivity index (χ4v) is 6.93. The minimum absolute atomic E-state index is 0.0301. The lowest BCUT2D eigenvalue weighted by molar-refractivity contribution is -0.153. The van der Waals surface area contributed by atoms with Gasteiger partial charge in [-0.2, -0.15) is 0 Å². The smallest absolute Gasteiger partial charge is 0.255 e. The summed E-state index contributed by atoms with van der Waals surface area (Å²) >= 11 is 0. The van der Waals surface area contributed by atoms with Crippen molar-refractivity contribution in [3.05, 3.63) is 63.9 Å². The van der Waals surface area contributed by atoms with Crippen LogP contribution in [0.2, 0.25) is 0 Å². The second kappa shape index (κ2) is 10.9. The molecule has 4 atom stereocenters. The van der Waals surface area contributed by atoms with Gasteiger partial charge in [0.2, 0.25) is 5.78 Å². The van der Waals surface area contributed by atoms with Crippen molar-refractivity contribution in [2.45, 2.75) is 31.0 Å². The molecule has 0 aromatic heterocycles. The predicted molar refractivity (Wildman–Crippen MR) is 167 cm³/mol. The van der Waals surface area contributed by atoms with Crippen LogP contribution in [0, 0.1) is 11.8 Å². The van der Waals surface area contributed by atoms with Crippen molar-refractivity contribution < 1.29 is 34.8 Å². The Morgan fingerprint density at radius 2 is 1.66 bits per heavy atom. The fourth-order valence-electron chi connectivity index (χ4n) is 6.93. The lowest BCUT2D eigenvalue weighted by Crippen LogP contribution is -2.65. The molecule has 3 aliphatic rings. The Morgan fingerprint density at radius 1 is 1.02 bits per heavy atom. The third kappa shape index (κ3) is 4.56. The van der Waals surface area contributed by atoms with Gasteiger partial charge in [-0.15, -0.1) is 0 Å². The number of benzene rings is 2. The molecule has 44 heavy (non-hydrogen) atoms. The normalized spacial score (nSPS) is 24.6. The number of rotatable bonds is 7. The van der Waals surface area contributed by atoms with Gasteiger partial charge in [-0.3, -0.25) is 19.3 Å². The maximum atomic E-state index is 14.1. The number of phenols is 1. The van der Waals surface area contributed by atoms with E-state index in [-0.39, 0.29) is 29.7 Å². The number of hydrogen-bond donors (Lipinski definition) is 6. The van der Waals surface area contributed by atoms with Gasteiger partial charge in [-0.25, -0.2) is 0 Å². The topological polar surface area (TPSA) is 180 Å². The van der Waals surface area contributed by atoms with E-state index in [1.807, 2.05) is 62.3 Å². The van der Waals surface area contributed by atoms with E-state index >= 15 is 0 Å². The highest BCUT2D eigenvalue weighted by Gasteiger charge is 2.64. The highest BCUT2D eigenvalue weighted by atomic mass is 16.3. The van der Waals surface area contributed by atoms with Crippen molar-refractivity contribution >= 4 is 40.3 Å². The Bertz CT molecular complexity index is 1630. The minimum Gasteiger partial charge on any atom is -0.508 e. The molecule has 0 saturated heterocycles. The van der Waals surface area contributed by atoms with Gasteiger partial charge in [-0.05, 0) is 62.2 Å². The van der Waals surface area contributed by atoms with Gasteiger partial charge in [0.1, 0.15) is 22.8 Å². The molecule has 0 unspecified atom stereocenters. The van der Waals surface area contributed by atoms with Crippen LogP contribution >= 0.6 is 0 Å². The lowest BCUT2D eigenvalue weighted by Gasteiger charge is -2.50. The van der Waals surface area contributed by atoms with Crippen LogP contribution in [0.15, 0.2) is 47.2 Å². The van der Waals surface area contributed by atoms with Crippen LogP contribution in [0.1, 0.15) is 23.1 Å².